The first-order valence-corrected chi connectivity index (χ1v) is 4.91. The molecular formula is C12H10N2O3. The van der Waals surface area contributed by atoms with Gasteiger partial charge in [-0.3, -0.25) is 4.98 Å². The van der Waals surface area contributed by atoms with E-state index in [9.17, 15) is 4.79 Å². The van der Waals surface area contributed by atoms with Gasteiger partial charge in [-0.2, -0.15) is 0 Å². The number of aromatic carboxylic acids is 1. The highest BCUT2D eigenvalue weighted by Gasteiger charge is 2.11. The molecule has 0 unspecified atom stereocenters. The fourth-order valence-electron chi connectivity index (χ4n) is 1.47. The van der Waals surface area contributed by atoms with Crippen LogP contribution in [-0.2, 0) is 0 Å². The SMILES string of the molecule is COc1nc(C(=O)O)ccc1-c1ccncc1. The first kappa shape index (κ1) is 11.1. The number of pyridine rings is 2. The van der Waals surface area contributed by atoms with Crippen molar-refractivity contribution in [3.05, 3.63) is 42.4 Å². The molecule has 2 aromatic rings. The standard InChI is InChI=1S/C12H10N2O3/c1-17-11-9(8-4-6-13-7-5-8)2-3-10(14-11)12(15)16/h2-7H,1H3,(H,15,16). The summed E-state index contributed by atoms with van der Waals surface area (Å²) in [5.74, 6) is -0.791. The summed E-state index contributed by atoms with van der Waals surface area (Å²) in [6.45, 7) is 0. The maximum Gasteiger partial charge on any atom is 0.354 e. The molecule has 2 heterocycles. The van der Waals surface area contributed by atoms with Gasteiger partial charge >= 0.3 is 5.97 Å². The average molecular weight is 230 g/mol. The van der Waals surface area contributed by atoms with E-state index in [4.69, 9.17) is 9.84 Å². The van der Waals surface area contributed by atoms with E-state index in [0.717, 1.165) is 11.1 Å². The van der Waals surface area contributed by atoms with Crippen molar-refractivity contribution in [2.45, 2.75) is 0 Å². The number of aromatic nitrogens is 2. The van der Waals surface area contributed by atoms with E-state index >= 15 is 0 Å². The Balaban J connectivity index is 2.52. The minimum absolute atomic E-state index is 0.0420. The molecule has 0 saturated heterocycles. The van der Waals surface area contributed by atoms with Crippen LogP contribution < -0.4 is 4.74 Å². The number of hydrogen-bond donors (Lipinski definition) is 1. The summed E-state index contributed by atoms with van der Waals surface area (Å²) in [5.41, 5.74) is 1.57. The van der Waals surface area contributed by atoms with E-state index in [1.807, 2.05) is 0 Å². The van der Waals surface area contributed by atoms with Crippen molar-refractivity contribution in [1.82, 2.24) is 9.97 Å². The average Bonchev–Trinajstić information content (AvgIpc) is 2.39. The van der Waals surface area contributed by atoms with Crippen molar-refractivity contribution in [3.8, 4) is 17.0 Å². The third-order valence-electron chi connectivity index (χ3n) is 2.26. The van der Waals surface area contributed by atoms with E-state index in [1.165, 1.54) is 13.2 Å². The molecule has 0 radical (unpaired) electrons. The maximum atomic E-state index is 10.8. The Morgan fingerprint density at radius 3 is 2.53 bits per heavy atom. The Bertz CT molecular complexity index is 541. The number of hydrogen-bond acceptors (Lipinski definition) is 4. The van der Waals surface area contributed by atoms with Gasteiger partial charge in [-0.15, -0.1) is 0 Å². The molecule has 0 spiro atoms. The number of rotatable bonds is 3. The van der Waals surface area contributed by atoms with Gasteiger partial charge in [0, 0.05) is 18.0 Å². The van der Waals surface area contributed by atoms with Crippen molar-refractivity contribution in [2.24, 2.45) is 0 Å². The topological polar surface area (TPSA) is 72.3 Å². The van der Waals surface area contributed by atoms with E-state index < -0.39 is 5.97 Å². The van der Waals surface area contributed by atoms with Crippen LogP contribution in [-0.4, -0.2) is 28.2 Å². The highest BCUT2D eigenvalue weighted by molar-refractivity contribution is 5.86. The summed E-state index contributed by atoms with van der Waals surface area (Å²) in [6, 6.07) is 6.73. The number of carbonyl (C=O) groups is 1. The second kappa shape index (κ2) is 4.61. The summed E-state index contributed by atoms with van der Waals surface area (Å²) < 4.78 is 5.10. The predicted octanol–water partition coefficient (Wildman–Crippen LogP) is 1.85. The summed E-state index contributed by atoms with van der Waals surface area (Å²) >= 11 is 0. The number of carboxylic acid groups (broad SMARTS) is 1. The number of nitrogens with zero attached hydrogens (tertiary/aromatic N) is 2. The summed E-state index contributed by atoms with van der Waals surface area (Å²) in [4.78, 5) is 18.6. The van der Waals surface area contributed by atoms with E-state index in [0.29, 0.717) is 0 Å². The van der Waals surface area contributed by atoms with Crippen LogP contribution in [0.1, 0.15) is 10.5 Å². The fraction of sp³-hybridized carbons (Fsp3) is 0.0833. The Morgan fingerprint density at radius 1 is 1.24 bits per heavy atom. The normalized spacial score (nSPS) is 9.94. The van der Waals surface area contributed by atoms with Crippen molar-refractivity contribution in [3.63, 3.8) is 0 Å². The Kier molecular flexibility index (Phi) is 3.00. The quantitative estimate of drug-likeness (QED) is 0.871. The number of methoxy groups -OCH3 is 1. The zero-order valence-corrected chi connectivity index (χ0v) is 9.12. The third kappa shape index (κ3) is 2.23. The summed E-state index contributed by atoms with van der Waals surface area (Å²) in [5, 5.41) is 8.84. The molecule has 2 rings (SSSR count). The molecular weight excluding hydrogens is 220 g/mol. The lowest BCUT2D eigenvalue weighted by Gasteiger charge is -2.07. The Morgan fingerprint density at radius 2 is 1.94 bits per heavy atom. The molecule has 0 aliphatic carbocycles. The van der Waals surface area contributed by atoms with E-state index in [-0.39, 0.29) is 11.6 Å². The van der Waals surface area contributed by atoms with Crippen LogP contribution >= 0.6 is 0 Å². The molecule has 1 N–H and O–H groups in total. The third-order valence-corrected chi connectivity index (χ3v) is 2.26. The van der Waals surface area contributed by atoms with E-state index in [2.05, 4.69) is 9.97 Å². The molecule has 0 amide bonds. The largest absolute Gasteiger partial charge is 0.481 e. The molecule has 5 nitrogen and oxygen atoms in total. The van der Waals surface area contributed by atoms with Crippen LogP contribution in [0.2, 0.25) is 0 Å². The molecule has 0 saturated carbocycles. The molecule has 0 bridgehead atoms. The van der Waals surface area contributed by atoms with Gasteiger partial charge in [0.1, 0.15) is 0 Å². The molecule has 0 aliphatic heterocycles. The smallest absolute Gasteiger partial charge is 0.354 e. The molecule has 0 fully saturated rings. The fourth-order valence-corrected chi connectivity index (χ4v) is 1.47. The molecule has 86 valence electrons. The lowest BCUT2D eigenvalue weighted by atomic mass is 10.1. The van der Waals surface area contributed by atoms with Gasteiger partial charge in [0.15, 0.2) is 5.69 Å². The van der Waals surface area contributed by atoms with Crippen molar-refractivity contribution >= 4 is 5.97 Å². The van der Waals surface area contributed by atoms with Crippen LogP contribution in [0.25, 0.3) is 11.1 Å². The second-order valence-corrected chi connectivity index (χ2v) is 3.29. The van der Waals surface area contributed by atoms with Crippen LogP contribution in [0, 0.1) is 0 Å². The highest BCUT2D eigenvalue weighted by Crippen LogP contribution is 2.27. The number of carboxylic acids is 1. The van der Waals surface area contributed by atoms with Gasteiger partial charge in [0.2, 0.25) is 5.88 Å². The van der Waals surface area contributed by atoms with Gasteiger partial charge in [-0.1, -0.05) is 0 Å². The van der Waals surface area contributed by atoms with Crippen LogP contribution in [0.15, 0.2) is 36.7 Å². The highest BCUT2D eigenvalue weighted by atomic mass is 16.5. The van der Waals surface area contributed by atoms with Gasteiger partial charge in [-0.05, 0) is 29.8 Å². The van der Waals surface area contributed by atoms with Crippen molar-refractivity contribution in [2.75, 3.05) is 7.11 Å². The monoisotopic (exact) mass is 230 g/mol. The zero-order chi connectivity index (χ0) is 12.3. The molecule has 0 aliphatic rings. The zero-order valence-electron chi connectivity index (χ0n) is 9.12. The molecule has 0 atom stereocenters. The molecule has 17 heavy (non-hydrogen) atoms. The maximum absolute atomic E-state index is 10.8. The van der Waals surface area contributed by atoms with E-state index in [1.54, 1.807) is 30.6 Å². The molecule has 5 heteroatoms. The minimum Gasteiger partial charge on any atom is -0.481 e. The lowest BCUT2D eigenvalue weighted by molar-refractivity contribution is 0.0689. The van der Waals surface area contributed by atoms with Gasteiger partial charge in [0.25, 0.3) is 0 Å². The van der Waals surface area contributed by atoms with Gasteiger partial charge in [0.05, 0.1) is 7.11 Å². The van der Waals surface area contributed by atoms with Crippen LogP contribution in [0.5, 0.6) is 5.88 Å². The lowest BCUT2D eigenvalue weighted by Crippen LogP contribution is -2.02. The number of ether oxygens (including phenoxy) is 1. The summed E-state index contributed by atoms with van der Waals surface area (Å²) in [6.07, 6.45) is 3.31. The molecule has 0 aromatic carbocycles. The first-order valence-electron chi connectivity index (χ1n) is 4.91. The predicted molar refractivity (Wildman–Crippen MR) is 61.0 cm³/mol. The van der Waals surface area contributed by atoms with Gasteiger partial charge in [-0.25, -0.2) is 9.78 Å². The van der Waals surface area contributed by atoms with Crippen molar-refractivity contribution in [1.29, 1.82) is 0 Å². The second-order valence-electron chi connectivity index (χ2n) is 3.29. The first-order chi connectivity index (χ1) is 8.22. The Hall–Kier alpha value is -2.43. The van der Waals surface area contributed by atoms with Gasteiger partial charge < -0.3 is 9.84 Å². The van der Waals surface area contributed by atoms with Crippen molar-refractivity contribution < 1.29 is 14.6 Å². The summed E-state index contributed by atoms with van der Waals surface area (Å²) in [7, 11) is 1.46. The Labute approximate surface area is 97.7 Å². The molecule has 2 aromatic heterocycles. The van der Waals surface area contributed by atoms with Crippen LogP contribution in [0.4, 0.5) is 0 Å². The van der Waals surface area contributed by atoms with Crippen LogP contribution in [0.3, 0.4) is 0 Å². The minimum atomic E-state index is -1.08.